The maximum Gasteiger partial charge on any atom is 0.149 e. The largest absolute Gasteiger partial charge is 0.457 e. The van der Waals surface area contributed by atoms with E-state index in [0.717, 1.165) is 11.3 Å². The number of benzene rings is 1. The van der Waals surface area contributed by atoms with E-state index in [0.29, 0.717) is 11.5 Å². The Morgan fingerprint density at radius 2 is 2.09 bits per heavy atom. The summed E-state index contributed by atoms with van der Waals surface area (Å²) in [5.74, 6) is 0.906. The van der Waals surface area contributed by atoms with Gasteiger partial charge in [-0.1, -0.05) is 6.92 Å². The topological polar surface area (TPSA) is 50.9 Å². The van der Waals surface area contributed by atoms with Crippen molar-refractivity contribution < 1.29 is 9.13 Å². The summed E-state index contributed by atoms with van der Waals surface area (Å²) in [6, 6.07) is 2.89. The monoisotopic (exact) mass is 299 g/mol. The predicted octanol–water partition coefficient (Wildman–Crippen LogP) is 3.72. The average Bonchev–Trinajstić information content (AvgIpc) is 2.49. The highest BCUT2D eigenvalue weighted by atomic mass is 19.1. The molecule has 0 saturated heterocycles. The molecule has 0 bridgehead atoms. The first-order chi connectivity index (χ1) is 10.5. The number of hydrazone groups is 1. The quantitative estimate of drug-likeness (QED) is 0.847. The van der Waals surface area contributed by atoms with Gasteiger partial charge in [0.15, 0.2) is 0 Å². The SMILES string of the molecule is CC1=C2C=C(Oc3cc(F)c(N)cc3C)C=CN2N=CC1C. The van der Waals surface area contributed by atoms with Crippen LogP contribution in [0.4, 0.5) is 10.1 Å². The molecular formula is C17H18FN3O. The lowest BCUT2D eigenvalue weighted by molar-refractivity contribution is 0.412. The molecule has 0 spiro atoms. The number of nitrogen functional groups attached to an aromatic ring is 1. The van der Waals surface area contributed by atoms with E-state index < -0.39 is 5.82 Å². The van der Waals surface area contributed by atoms with E-state index in [-0.39, 0.29) is 11.6 Å². The van der Waals surface area contributed by atoms with Crippen LogP contribution in [0.1, 0.15) is 19.4 Å². The number of allylic oxidation sites excluding steroid dienone is 3. The van der Waals surface area contributed by atoms with E-state index in [4.69, 9.17) is 10.5 Å². The molecule has 0 amide bonds. The molecule has 2 heterocycles. The third kappa shape index (κ3) is 2.50. The van der Waals surface area contributed by atoms with Crippen LogP contribution in [-0.4, -0.2) is 11.2 Å². The summed E-state index contributed by atoms with van der Waals surface area (Å²) in [7, 11) is 0. The van der Waals surface area contributed by atoms with Gasteiger partial charge in [0.2, 0.25) is 0 Å². The molecule has 1 aromatic rings. The van der Waals surface area contributed by atoms with Crippen molar-refractivity contribution in [1.29, 1.82) is 0 Å². The Balaban J connectivity index is 1.91. The zero-order chi connectivity index (χ0) is 15.9. The minimum Gasteiger partial charge on any atom is -0.457 e. The Kier molecular flexibility index (Phi) is 3.48. The molecule has 0 aliphatic carbocycles. The minimum atomic E-state index is -0.478. The smallest absolute Gasteiger partial charge is 0.149 e. The molecule has 2 aliphatic rings. The zero-order valence-corrected chi connectivity index (χ0v) is 12.8. The Morgan fingerprint density at radius 1 is 1.32 bits per heavy atom. The molecule has 22 heavy (non-hydrogen) atoms. The Labute approximate surface area is 129 Å². The van der Waals surface area contributed by atoms with E-state index in [1.54, 1.807) is 17.2 Å². The number of halogens is 1. The van der Waals surface area contributed by atoms with Crippen molar-refractivity contribution in [1.82, 2.24) is 5.01 Å². The summed E-state index contributed by atoms with van der Waals surface area (Å²) in [6.45, 7) is 6.00. The first kappa shape index (κ1) is 14.4. The highest BCUT2D eigenvalue weighted by Gasteiger charge is 2.20. The summed E-state index contributed by atoms with van der Waals surface area (Å²) in [5.41, 5.74) is 8.66. The van der Waals surface area contributed by atoms with Crippen LogP contribution >= 0.6 is 0 Å². The molecule has 1 unspecified atom stereocenters. The molecule has 2 N–H and O–H groups in total. The first-order valence-corrected chi connectivity index (χ1v) is 7.13. The molecule has 0 radical (unpaired) electrons. The fraction of sp³-hybridized carbons (Fsp3) is 0.235. The average molecular weight is 299 g/mol. The van der Waals surface area contributed by atoms with Gasteiger partial charge in [0, 0.05) is 30.5 Å². The number of aryl methyl sites for hydroxylation is 1. The third-order valence-corrected chi connectivity index (χ3v) is 3.93. The number of fused-ring (bicyclic) bond motifs is 1. The van der Waals surface area contributed by atoms with Crippen molar-refractivity contribution in [2.24, 2.45) is 11.0 Å². The predicted molar refractivity (Wildman–Crippen MR) is 85.6 cm³/mol. The van der Waals surface area contributed by atoms with Gasteiger partial charge in [-0.2, -0.15) is 5.10 Å². The number of nitrogens with two attached hydrogens (primary N) is 1. The lowest BCUT2D eigenvalue weighted by Crippen LogP contribution is -2.22. The van der Waals surface area contributed by atoms with Gasteiger partial charge in [-0.15, -0.1) is 0 Å². The summed E-state index contributed by atoms with van der Waals surface area (Å²) < 4.78 is 19.4. The molecule has 114 valence electrons. The van der Waals surface area contributed by atoms with Crippen LogP contribution in [0.2, 0.25) is 0 Å². The van der Waals surface area contributed by atoms with Crippen molar-refractivity contribution in [2.75, 3.05) is 5.73 Å². The van der Waals surface area contributed by atoms with Crippen LogP contribution in [0.5, 0.6) is 5.75 Å². The summed E-state index contributed by atoms with van der Waals surface area (Å²) >= 11 is 0. The summed E-state index contributed by atoms with van der Waals surface area (Å²) in [4.78, 5) is 0. The van der Waals surface area contributed by atoms with Gasteiger partial charge in [-0.25, -0.2) is 9.40 Å². The number of anilines is 1. The summed E-state index contributed by atoms with van der Waals surface area (Å²) in [6.07, 6.45) is 7.45. The van der Waals surface area contributed by atoms with Gasteiger partial charge in [-0.3, -0.25) is 0 Å². The number of ether oxygens (including phenoxy) is 1. The van der Waals surface area contributed by atoms with Gasteiger partial charge in [-0.05, 0) is 37.1 Å². The lowest BCUT2D eigenvalue weighted by atomic mass is 9.99. The summed E-state index contributed by atoms with van der Waals surface area (Å²) in [5, 5.41) is 6.16. The number of rotatable bonds is 2. The fourth-order valence-electron chi connectivity index (χ4n) is 2.37. The van der Waals surface area contributed by atoms with Crippen LogP contribution in [-0.2, 0) is 0 Å². The maximum absolute atomic E-state index is 13.6. The molecule has 3 rings (SSSR count). The molecule has 4 nitrogen and oxygen atoms in total. The number of nitrogens with zero attached hydrogens (tertiary/aromatic N) is 2. The van der Waals surface area contributed by atoms with Crippen LogP contribution in [0.15, 0.2) is 52.6 Å². The molecule has 0 aromatic heterocycles. The lowest BCUT2D eigenvalue weighted by Gasteiger charge is -2.28. The van der Waals surface area contributed by atoms with E-state index in [1.807, 2.05) is 25.4 Å². The number of hydrogen-bond acceptors (Lipinski definition) is 4. The van der Waals surface area contributed by atoms with Crippen molar-refractivity contribution in [3.8, 4) is 5.75 Å². The molecule has 2 aliphatic heterocycles. The van der Waals surface area contributed by atoms with Crippen molar-refractivity contribution in [2.45, 2.75) is 20.8 Å². The maximum atomic E-state index is 13.6. The molecular weight excluding hydrogens is 281 g/mol. The van der Waals surface area contributed by atoms with E-state index >= 15 is 0 Å². The zero-order valence-electron chi connectivity index (χ0n) is 12.8. The standard InChI is InChI=1S/C17H18FN3O/c1-10-6-15(19)14(18)8-17(10)22-13-4-5-21-16(7-13)12(3)11(2)9-20-21/h4-9,11H,19H2,1-3H3. The van der Waals surface area contributed by atoms with E-state index in [2.05, 4.69) is 18.9 Å². The van der Waals surface area contributed by atoms with Gasteiger partial charge >= 0.3 is 0 Å². The van der Waals surface area contributed by atoms with Crippen molar-refractivity contribution >= 4 is 11.9 Å². The third-order valence-electron chi connectivity index (χ3n) is 3.93. The second-order valence-corrected chi connectivity index (χ2v) is 5.57. The Hall–Kier alpha value is -2.56. The van der Waals surface area contributed by atoms with Crippen molar-refractivity contribution in [3.63, 3.8) is 0 Å². The highest BCUT2D eigenvalue weighted by molar-refractivity contribution is 5.67. The minimum absolute atomic E-state index is 0.123. The molecule has 1 aromatic carbocycles. The normalized spacial score (nSPS) is 20.1. The molecule has 1 atom stereocenters. The Morgan fingerprint density at radius 3 is 2.86 bits per heavy atom. The van der Waals surface area contributed by atoms with Crippen LogP contribution in [0.3, 0.4) is 0 Å². The second-order valence-electron chi connectivity index (χ2n) is 5.57. The Bertz CT molecular complexity index is 747. The van der Waals surface area contributed by atoms with E-state index in [9.17, 15) is 4.39 Å². The van der Waals surface area contributed by atoms with Gasteiger partial charge in [0.05, 0.1) is 11.4 Å². The van der Waals surface area contributed by atoms with Crippen LogP contribution in [0.25, 0.3) is 0 Å². The van der Waals surface area contributed by atoms with Gasteiger partial charge < -0.3 is 10.5 Å². The number of hydrogen-bond donors (Lipinski definition) is 1. The van der Waals surface area contributed by atoms with Crippen LogP contribution in [0, 0.1) is 18.7 Å². The second kappa shape index (κ2) is 5.33. The van der Waals surface area contributed by atoms with Gasteiger partial charge in [0.25, 0.3) is 0 Å². The molecule has 5 heteroatoms. The van der Waals surface area contributed by atoms with Crippen LogP contribution < -0.4 is 10.5 Å². The fourth-order valence-corrected chi connectivity index (χ4v) is 2.37. The van der Waals surface area contributed by atoms with E-state index in [1.165, 1.54) is 11.6 Å². The van der Waals surface area contributed by atoms with Gasteiger partial charge in [0.1, 0.15) is 17.3 Å². The highest BCUT2D eigenvalue weighted by Crippen LogP contribution is 2.30. The van der Waals surface area contributed by atoms with Crippen molar-refractivity contribution in [3.05, 3.63) is 58.9 Å². The molecule has 0 saturated carbocycles. The first-order valence-electron chi connectivity index (χ1n) is 7.13. The molecule has 0 fully saturated rings.